The molecular weight excluding hydrogens is 414 g/mol. The Morgan fingerprint density at radius 3 is 2.71 bits per heavy atom. The summed E-state index contributed by atoms with van der Waals surface area (Å²) in [5, 5.41) is 4.87. The largest absolute Gasteiger partial charge is 0.329 e. The molecule has 9 heteroatoms. The smallest absolute Gasteiger partial charge is 0.255 e. The fourth-order valence-corrected chi connectivity index (χ4v) is 4.21. The lowest BCUT2D eigenvalue weighted by molar-refractivity contribution is -0.116. The number of carbonyl (C=O) groups is 2. The molecule has 4 rings (SSSR count). The number of carbonyl (C=O) groups excluding carboxylic acids is 2. The maximum absolute atomic E-state index is 13.4. The molecule has 1 saturated heterocycles. The average molecular weight is 438 g/mol. The van der Waals surface area contributed by atoms with Crippen LogP contribution in [0.4, 0.5) is 5.13 Å². The van der Waals surface area contributed by atoms with Gasteiger partial charge in [-0.15, -0.1) is 11.3 Å². The monoisotopic (exact) mass is 437 g/mol. The van der Waals surface area contributed by atoms with Gasteiger partial charge < -0.3 is 19.7 Å². The molecule has 0 spiro atoms. The lowest BCUT2D eigenvalue weighted by Crippen LogP contribution is -2.49. The van der Waals surface area contributed by atoms with E-state index in [-0.39, 0.29) is 30.0 Å². The molecule has 3 aromatic rings. The van der Waals surface area contributed by atoms with Crippen molar-refractivity contribution in [1.29, 1.82) is 0 Å². The van der Waals surface area contributed by atoms with Crippen LogP contribution < -0.4 is 10.9 Å². The fraction of sp³-hybridized carbons (Fsp3) is 0.273. The zero-order valence-electron chi connectivity index (χ0n) is 17.1. The van der Waals surface area contributed by atoms with Crippen LogP contribution in [-0.2, 0) is 11.3 Å². The van der Waals surface area contributed by atoms with Gasteiger partial charge in [-0.05, 0) is 18.7 Å². The van der Waals surface area contributed by atoms with Crippen LogP contribution in [0.2, 0.25) is 0 Å². The quantitative estimate of drug-likeness (QED) is 0.660. The van der Waals surface area contributed by atoms with Gasteiger partial charge in [0.05, 0.1) is 11.6 Å². The Morgan fingerprint density at radius 1 is 1.16 bits per heavy atom. The summed E-state index contributed by atoms with van der Waals surface area (Å²) in [7, 11) is 2.04. The van der Waals surface area contributed by atoms with E-state index in [1.54, 1.807) is 11.6 Å². The van der Waals surface area contributed by atoms with Gasteiger partial charge in [0.2, 0.25) is 5.91 Å². The summed E-state index contributed by atoms with van der Waals surface area (Å²) in [5.74, 6) is -0.528. The minimum atomic E-state index is -0.372. The highest BCUT2D eigenvalue weighted by molar-refractivity contribution is 7.13. The standard InChI is InChI=1S/C22H23N5O3S/c1-25-10-11-27(18(14-25)16-5-3-2-4-6-16)21(30)17-7-8-20(29)26(13-17)15-19(28)24-22-23-9-12-31-22/h2-9,12-13,18H,10-11,14-15H2,1H3,(H,23,24,28). The van der Waals surface area contributed by atoms with Crippen LogP contribution in [0.5, 0.6) is 0 Å². The first-order valence-electron chi connectivity index (χ1n) is 9.95. The van der Waals surface area contributed by atoms with Crippen molar-refractivity contribution in [3.05, 3.63) is 81.7 Å². The molecule has 0 radical (unpaired) electrons. The number of likely N-dealkylation sites (N-methyl/N-ethyl adjacent to an activating group) is 1. The first kappa shape index (κ1) is 21.0. The highest BCUT2D eigenvalue weighted by Gasteiger charge is 2.31. The molecule has 3 heterocycles. The Balaban J connectivity index is 1.55. The zero-order valence-corrected chi connectivity index (χ0v) is 17.9. The van der Waals surface area contributed by atoms with E-state index >= 15 is 0 Å². The molecule has 0 saturated carbocycles. The number of amides is 2. The number of benzene rings is 1. The van der Waals surface area contributed by atoms with Gasteiger partial charge >= 0.3 is 0 Å². The Morgan fingerprint density at radius 2 is 1.97 bits per heavy atom. The normalized spacial score (nSPS) is 16.8. The second-order valence-corrected chi connectivity index (χ2v) is 8.35. The van der Waals surface area contributed by atoms with E-state index in [1.165, 1.54) is 34.2 Å². The molecule has 1 aliphatic rings. The van der Waals surface area contributed by atoms with Crippen molar-refractivity contribution in [2.24, 2.45) is 0 Å². The number of thiazole rings is 1. The van der Waals surface area contributed by atoms with Crippen LogP contribution >= 0.6 is 11.3 Å². The van der Waals surface area contributed by atoms with Gasteiger partial charge in [0.1, 0.15) is 6.54 Å². The third-order valence-electron chi connectivity index (χ3n) is 5.25. The lowest BCUT2D eigenvalue weighted by atomic mass is 10.0. The summed E-state index contributed by atoms with van der Waals surface area (Å²) >= 11 is 1.30. The first-order valence-corrected chi connectivity index (χ1v) is 10.8. The van der Waals surface area contributed by atoms with Crippen LogP contribution in [0, 0.1) is 0 Å². The molecule has 31 heavy (non-hydrogen) atoms. The molecule has 0 aliphatic carbocycles. The van der Waals surface area contributed by atoms with Gasteiger partial charge in [0, 0.05) is 43.5 Å². The predicted molar refractivity (Wildman–Crippen MR) is 119 cm³/mol. The number of rotatable bonds is 5. The number of aromatic nitrogens is 2. The third kappa shape index (κ3) is 4.89. The van der Waals surface area contributed by atoms with E-state index in [0.717, 1.165) is 18.7 Å². The lowest BCUT2D eigenvalue weighted by Gasteiger charge is -2.40. The molecule has 1 aromatic carbocycles. The van der Waals surface area contributed by atoms with Gasteiger partial charge in [-0.3, -0.25) is 14.4 Å². The van der Waals surface area contributed by atoms with E-state index in [9.17, 15) is 14.4 Å². The predicted octanol–water partition coefficient (Wildman–Crippen LogP) is 2.07. The van der Waals surface area contributed by atoms with Crippen molar-refractivity contribution in [1.82, 2.24) is 19.4 Å². The third-order valence-corrected chi connectivity index (χ3v) is 5.94. The summed E-state index contributed by atoms with van der Waals surface area (Å²) in [5.41, 5.74) is 1.11. The minimum Gasteiger partial charge on any atom is -0.329 e. The molecule has 2 amide bonds. The Bertz CT molecular complexity index is 1110. The number of pyridine rings is 1. The maximum atomic E-state index is 13.4. The van der Waals surface area contributed by atoms with Crippen LogP contribution in [0.1, 0.15) is 22.0 Å². The average Bonchev–Trinajstić information content (AvgIpc) is 3.28. The van der Waals surface area contributed by atoms with Crippen molar-refractivity contribution >= 4 is 28.3 Å². The molecule has 1 aliphatic heterocycles. The Labute approximate surface area is 183 Å². The fourth-order valence-electron chi connectivity index (χ4n) is 3.67. The summed E-state index contributed by atoms with van der Waals surface area (Å²) in [6.07, 6.45) is 3.05. The van der Waals surface area contributed by atoms with E-state index in [0.29, 0.717) is 17.2 Å². The second kappa shape index (κ2) is 9.23. The van der Waals surface area contributed by atoms with Crippen molar-refractivity contribution in [2.75, 3.05) is 32.0 Å². The highest BCUT2D eigenvalue weighted by atomic mass is 32.1. The van der Waals surface area contributed by atoms with E-state index < -0.39 is 0 Å². The number of piperazine rings is 1. The first-order chi connectivity index (χ1) is 15.0. The van der Waals surface area contributed by atoms with Gasteiger partial charge in [-0.2, -0.15) is 0 Å². The van der Waals surface area contributed by atoms with E-state index in [4.69, 9.17) is 0 Å². The number of nitrogens with zero attached hydrogens (tertiary/aromatic N) is 4. The topological polar surface area (TPSA) is 87.5 Å². The molecule has 1 fully saturated rings. The highest BCUT2D eigenvalue weighted by Crippen LogP contribution is 2.26. The summed E-state index contributed by atoms with van der Waals surface area (Å²) < 4.78 is 1.25. The van der Waals surface area contributed by atoms with Crippen molar-refractivity contribution in [3.8, 4) is 0 Å². The molecule has 160 valence electrons. The van der Waals surface area contributed by atoms with Crippen LogP contribution in [-0.4, -0.2) is 57.8 Å². The molecule has 2 aromatic heterocycles. The van der Waals surface area contributed by atoms with E-state index in [2.05, 4.69) is 15.2 Å². The zero-order chi connectivity index (χ0) is 21.8. The Hall–Kier alpha value is -3.30. The van der Waals surface area contributed by atoms with Crippen LogP contribution in [0.3, 0.4) is 0 Å². The van der Waals surface area contributed by atoms with Crippen molar-refractivity contribution < 1.29 is 9.59 Å². The Kier molecular flexibility index (Phi) is 6.24. The van der Waals surface area contributed by atoms with Gasteiger partial charge in [-0.1, -0.05) is 30.3 Å². The van der Waals surface area contributed by atoms with E-state index in [1.807, 2.05) is 42.3 Å². The molecule has 1 N–H and O–H groups in total. The number of nitrogens with one attached hydrogen (secondary N) is 1. The van der Waals surface area contributed by atoms with Crippen molar-refractivity contribution in [2.45, 2.75) is 12.6 Å². The SMILES string of the molecule is CN1CCN(C(=O)c2ccc(=O)n(CC(=O)Nc3nccs3)c2)C(c2ccccc2)C1. The minimum absolute atomic E-state index is 0.0824. The molecular formula is C22H23N5O3S. The molecule has 0 bridgehead atoms. The summed E-state index contributed by atoms with van der Waals surface area (Å²) in [6, 6.07) is 12.7. The van der Waals surface area contributed by atoms with Crippen LogP contribution in [0.25, 0.3) is 0 Å². The van der Waals surface area contributed by atoms with Gasteiger partial charge in [0.25, 0.3) is 11.5 Å². The van der Waals surface area contributed by atoms with Crippen molar-refractivity contribution in [3.63, 3.8) is 0 Å². The van der Waals surface area contributed by atoms with Gasteiger partial charge in [0.15, 0.2) is 5.13 Å². The van der Waals surface area contributed by atoms with Crippen LogP contribution in [0.15, 0.2) is 65.0 Å². The van der Waals surface area contributed by atoms with Gasteiger partial charge in [-0.25, -0.2) is 4.98 Å². The number of anilines is 1. The number of hydrogen-bond acceptors (Lipinski definition) is 6. The molecule has 1 unspecified atom stereocenters. The number of hydrogen-bond donors (Lipinski definition) is 1. The second-order valence-electron chi connectivity index (χ2n) is 7.46. The molecule has 1 atom stereocenters. The summed E-state index contributed by atoms with van der Waals surface area (Å²) in [4.78, 5) is 46.0. The molecule has 8 nitrogen and oxygen atoms in total. The maximum Gasteiger partial charge on any atom is 0.255 e. The summed E-state index contributed by atoms with van der Waals surface area (Å²) in [6.45, 7) is 1.89.